The third-order valence-electron chi connectivity index (χ3n) is 5.69. The lowest BCUT2D eigenvalue weighted by Gasteiger charge is -2.39. The van der Waals surface area contributed by atoms with Crippen LogP contribution in [0.25, 0.3) is 10.9 Å². The molecule has 0 radical (unpaired) electrons. The van der Waals surface area contributed by atoms with Crippen molar-refractivity contribution in [3.05, 3.63) is 59.3 Å². The fourth-order valence-electron chi connectivity index (χ4n) is 4.04. The van der Waals surface area contributed by atoms with Crippen molar-refractivity contribution in [2.75, 3.05) is 25.1 Å². The van der Waals surface area contributed by atoms with Crippen LogP contribution >= 0.6 is 0 Å². The molecule has 6 heteroatoms. The summed E-state index contributed by atoms with van der Waals surface area (Å²) in [6, 6.07) is 13.0. The number of nitrogens with one attached hydrogen (secondary N) is 1. The molecule has 2 aromatic carbocycles. The van der Waals surface area contributed by atoms with E-state index in [4.69, 9.17) is 4.74 Å². The summed E-state index contributed by atoms with van der Waals surface area (Å²) in [5.74, 6) is 0.488. The molecule has 1 aliphatic heterocycles. The number of aromatic amines is 1. The minimum atomic E-state index is -0.132. The molecule has 150 valence electrons. The number of rotatable bonds is 3. The number of aromatic nitrogens is 1. The van der Waals surface area contributed by atoms with Crippen molar-refractivity contribution in [1.29, 1.82) is 0 Å². The number of carbonyl (C=O) groups excluding carboxylic acids is 2. The lowest BCUT2D eigenvalue weighted by Crippen LogP contribution is -2.57. The van der Waals surface area contributed by atoms with E-state index < -0.39 is 0 Å². The molecule has 1 aliphatic rings. The normalized spacial score (nSPS) is 17.1. The lowest BCUT2D eigenvalue weighted by atomic mass is 10.1. The zero-order valence-corrected chi connectivity index (χ0v) is 17.2. The predicted octanol–water partition coefficient (Wildman–Crippen LogP) is 3.67. The highest BCUT2D eigenvalue weighted by Gasteiger charge is 2.33. The van der Waals surface area contributed by atoms with E-state index in [1.54, 1.807) is 16.9 Å². The van der Waals surface area contributed by atoms with Crippen LogP contribution in [-0.2, 0) is 4.79 Å². The fraction of sp³-hybridized carbons (Fsp3) is 0.304. The van der Waals surface area contributed by atoms with E-state index in [1.165, 1.54) is 0 Å². The van der Waals surface area contributed by atoms with Crippen LogP contribution in [0.2, 0.25) is 0 Å². The average molecular weight is 391 g/mol. The Morgan fingerprint density at radius 1 is 1.17 bits per heavy atom. The van der Waals surface area contributed by atoms with Gasteiger partial charge in [0.15, 0.2) is 0 Å². The molecular formula is C23H25N3O3. The first-order valence-corrected chi connectivity index (χ1v) is 9.73. The average Bonchev–Trinajstić information content (AvgIpc) is 3.00. The van der Waals surface area contributed by atoms with Crippen LogP contribution in [0, 0.1) is 13.8 Å². The molecule has 0 bridgehead atoms. The van der Waals surface area contributed by atoms with Crippen molar-refractivity contribution < 1.29 is 14.3 Å². The van der Waals surface area contributed by atoms with Gasteiger partial charge in [0, 0.05) is 40.5 Å². The van der Waals surface area contributed by atoms with Crippen molar-refractivity contribution in [2.24, 2.45) is 0 Å². The van der Waals surface area contributed by atoms with Gasteiger partial charge in [-0.15, -0.1) is 0 Å². The molecular weight excluding hydrogens is 366 g/mol. The van der Waals surface area contributed by atoms with Gasteiger partial charge < -0.3 is 19.5 Å². The summed E-state index contributed by atoms with van der Waals surface area (Å²) in [6.07, 6.45) is 0. The number of hydrogen-bond acceptors (Lipinski definition) is 3. The van der Waals surface area contributed by atoms with E-state index in [9.17, 15) is 9.59 Å². The number of aryl methyl sites for hydroxylation is 2. The number of piperazine rings is 1. The number of amides is 2. The monoisotopic (exact) mass is 391 g/mol. The van der Waals surface area contributed by atoms with Crippen molar-refractivity contribution in [1.82, 2.24) is 9.88 Å². The maximum atomic E-state index is 13.1. The van der Waals surface area contributed by atoms with Gasteiger partial charge in [-0.3, -0.25) is 9.59 Å². The van der Waals surface area contributed by atoms with Crippen LogP contribution in [-0.4, -0.2) is 47.9 Å². The first kappa shape index (κ1) is 19.1. The number of carbonyl (C=O) groups is 2. The quantitative estimate of drug-likeness (QED) is 0.741. The standard InChI is InChI=1S/C23H25N3O3/c1-14-12-25(13-22(27)26(14)18-6-5-7-19(11-18)29-4)23(28)17-8-9-21-20(10-17)15(2)16(3)24-21/h5-11,14,24H,12-13H2,1-4H3. The summed E-state index contributed by atoms with van der Waals surface area (Å²) in [4.78, 5) is 32.7. The van der Waals surface area contributed by atoms with E-state index in [1.807, 2.05) is 63.2 Å². The molecule has 0 aliphatic carbocycles. The van der Waals surface area contributed by atoms with Gasteiger partial charge in [0.1, 0.15) is 12.3 Å². The number of H-pyrrole nitrogens is 1. The number of ether oxygens (including phenoxy) is 1. The van der Waals surface area contributed by atoms with Crippen LogP contribution in [0.4, 0.5) is 5.69 Å². The van der Waals surface area contributed by atoms with Crippen molar-refractivity contribution in [3.8, 4) is 5.75 Å². The van der Waals surface area contributed by atoms with Crippen LogP contribution in [0.5, 0.6) is 5.75 Å². The molecule has 1 atom stereocenters. The summed E-state index contributed by atoms with van der Waals surface area (Å²) in [5.41, 5.74) is 4.65. The largest absolute Gasteiger partial charge is 0.497 e. The first-order chi connectivity index (χ1) is 13.9. The van der Waals surface area contributed by atoms with Gasteiger partial charge in [-0.25, -0.2) is 0 Å². The molecule has 0 saturated carbocycles. The zero-order valence-electron chi connectivity index (χ0n) is 17.2. The molecule has 2 amide bonds. The molecule has 1 unspecified atom stereocenters. The predicted molar refractivity (Wildman–Crippen MR) is 114 cm³/mol. The highest BCUT2D eigenvalue weighted by atomic mass is 16.5. The molecule has 0 spiro atoms. The highest BCUT2D eigenvalue weighted by Crippen LogP contribution is 2.27. The number of fused-ring (bicyclic) bond motifs is 1. The lowest BCUT2D eigenvalue weighted by molar-refractivity contribution is -0.121. The first-order valence-electron chi connectivity index (χ1n) is 9.73. The highest BCUT2D eigenvalue weighted by molar-refractivity contribution is 6.03. The maximum absolute atomic E-state index is 13.1. The van der Waals surface area contributed by atoms with Gasteiger partial charge in [0.2, 0.25) is 5.91 Å². The van der Waals surface area contributed by atoms with Crippen LogP contribution in [0.1, 0.15) is 28.5 Å². The Labute approximate surface area is 170 Å². The maximum Gasteiger partial charge on any atom is 0.254 e. The van der Waals surface area contributed by atoms with Crippen molar-refractivity contribution >= 4 is 28.4 Å². The summed E-state index contributed by atoms with van der Waals surface area (Å²) >= 11 is 0. The summed E-state index contributed by atoms with van der Waals surface area (Å²) in [5, 5.41) is 1.04. The van der Waals surface area contributed by atoms with Gasteiger partial charge in [0.05, 0.1) is 13.2 Å². The van der Waals surface area contributed by atoms with E-state index in [0.717, 1.165) is 27.8 Å². The Hall–Kier alpha value is -3.28. The summed E-state index contributed by atoms with van der Waals surface area (Å²) in [6.45, 7) is 6.56. The van der Waals surface area contributed by atoms with E-state index in [-0.39, 0.29) is 24.4 Å². The molecule has 1 aromatic heterocycles. The van der Waals surface area contributed by atoms with Crippen LogP contribution in [0.15, 0.2) is 42.5 Å². The van der Waals surface area contributed by atoms with E-state index in [2.05, 4.69) is 4.98 Å². The van der Waals surface area contributed by atoms with Gasteiger partial charge in [-0.1, -0.05) is 6.07 Å². The number of methoxy groups -OCH3 is 1. The van der Waals surface area contributed by atoms with Crippen molar-refractivity contribution in [2.45, 2.75) is 26.8 Å². The zero-order chi connectivity index (χ0) is 20.7. The number of benzene rings is 2. The molecule has 1 fully saturated rings. The minimum absolute atomic E-state index is 0.0591. The molecule has 1 N–H and O–H groups in total. The molecule has 4 rings (SSSR count). The second kappa shape index (κ2) is 7.28. The number of nitrogens with zero attached hydrogens (tertiary/aromatic N) is 2. The molecule has 29 heavy (non-hydrogen) atoms. The van der Waals surface area contributed by atoms with Gasteiger partial charge >= 0.3 is 0 Å². The Bertz CT molecular complexity index is 1100. The Morgan fingerprint density at radius 3 is 2.69 bits per heavy atom. The molecule has 3 aromatic rings. The molecule has 6 nitrogen and oxygen atoms in total. The minimum Gasteiger partial charge on any atom is -0.497 e. The Kier molecular flexibility index (Phi) is 4.78. The van der Waals surface area contributed by atoms with Gasteiger partial charge in [-0.2, -0.15) is 0 Å². The van der Waals surface area contributed by atoms with Crippen molar-refractivity contribution in [3.63, 3.8) is 0 Å². The van der Waals surface area contributed by atoms with Gasteiger partial charge in [-0.05, 0) is 56.7 Å². The Morgan fingerprint density at radius 2 is 1.97 bits per heavy atom. The van der Waals surface area contributed by atoms with E-state index in [0.29, 0.717) is 17.9 Å². The summed E-state index contributed by atoms with van der Waals surface area (Å²) in [7, 11) is 1.60. The number of hydrogen-bond donors (Lipinski definition) is 1. The Balaban J connectivity index is 1.57. The smallest absolute Gasteiger partial charge is 0.254 e. The fourth-order valence-corrected chi connectivity index (χ4v) is 4.04. The third-order valence-corrected chi connectivity index (χ3v) is 5.69. The summed E-state index contributed by atoms with van der Waals surface area (Å²) < 4.78 is 5.27. The topological polar surface area (TPSA) is 65.6 Å². The van der Waals surface area contributed by atoms with Gasteiger partial charge in [0.25, 0.3) is 5.91 Å². The van der Waals surface area contributed by atoms with E-state index >= 15 is 0 Å². The second-order valence-corrected chi connectivity index (χ2v) is 7.64. The SMILES string of the molecule is COc1cccc(N2C(=O)CN(C(=O)c3ccc4[nH]c(C)c(C)c4c3)CC2C)c1. The molecule has 1 saturated heterocycles. The number of anilines is 1. The third kappa shape index (κ3) is 3.35. The van der Waals surface area contributed by atoms with Crippen LogP contribution in [0.3, 0.4) is 0 Å². The second-order valence-electron chi connectivity index (χ2n) is 7.64. The van der Waals surface area contributed by atoms with Crippen LogP contribution < -0.4 is 9.64 Å². The molecule has 2 heterocycles.